The standard InChI is InChI=1S/C16H19F3N2O2/c1-10-5-7-11(8-6-10)13(22)21-15(23,14(2,3)4)9-12(20-21)16(17,18)19/h5-8,23H,9H2,1-4H3/t15-/m1/s1. The van der Waals surface area contributed by atoms with Gasteiger partial charge in [0.25, 0.3) is 5.91 Å². The second kappa shape index (κ2) is 5.33. The Hall–Kier alpha value is -1.89. The molecular formula is C16H19F3N2O2. The lowest BCUT2D eigenvalue weighted by Gasteiger charge is -2.41. The molecule has 1 aromatic rings. The van der Waals surface area contributed by atoms with Crippen molar-refractivity contribution in [2.24, 2.45) is 10.5 Å². The molecule has 7 heteroatoms. The minimum atomic E-state index is -4.69. The maximum atomic E-state index is 13.0. The highest BCUT2D eigenvalue weighted by atomic mass is 19.4. The van der Waals surface area contributed by atoms with E-state index in [2.05, 4.69) is 5.10 Å². The molecule has 23 heavy (non-hydrogen) atoms. The van der Waals surface area contributed by atoms with Gasteiger partial charge in [-0.1, -0.05) is 38.5 Å². The van der Waals surface area contributed by atoms with Crippen LogP contribution < -0.4 is 0 Å². The molecule has 1 heterocycles. The van der Waals surface area contributed by atoms with Gasteiger partial charge in [0.1, 0.15) is 5.71 Å². The Morgan fingerprint density at radius 2 is 1.74 bits per heavy atom. The molecule has 0 saturated heterocycles. The molecule has 0 radical (unpaired) electrons. The first-order chi connectivity index (χ1) is 10.4. The van der Waals surface area contributed by atoms with Crippen molar-refractivity contribution in [1.29, 1.82) is 0 Å². The first-order valence-electron chi connectivity index (χ1n) is 7.14. The molecule has 0 unspecified atom stereocenters. The maximum absolute atomic E-state index is 13.0. The van der Waals surface area contributed by atoms with Crippen molar-refractivity contribution in [3.8, 4) is 0 Å². The summed E-state index contributed by atoms with van der Waals surface area (Å²) in [6.45, 7) is 6.53. The number of carbonyl (C=O) groups excluding carboxylic acids is 1. The Morgan fingerprint density at radius 1 is 1.22 bits per heavy atom. The van der Waals surface area contributed by atoms with Crippen LogP contribution in [0.25, 0.3) is 0 Å². The molecule has 1 aliphatic heterocycles. The van der Waals surface area contributed by atoms with Gasteiger partial charge in [0.05, 0.1) is 0 Å². The summed E-state index contributed by atoms with van der Waals surface area (Å²) in [6, 6.07) is 6.35. The molecule has 0 fully saturated rings. The SMILES string of the molecule is Cc1ccc(C(=O)N2N=C(C(F)(F)F)C[C@@]2(O)C(C)(C)C)cc1. The van der Waals surface area contributed by atoms with Gasteiger partial charge >= 0.3 is 6.18 Å². The summed E-state index contributed by atoms with van der Waals surface area (Å²) in [7, 11) is 0. The first kappa shape index (κ1) is 17.5. The third kappa shape index (κ3) is 3.10. The van der Waals surface area contributed by atoms with E-state index in [-0.39, 0.29) is 5.56 Å². The smallest absolute Gasteiger partial charge is 0.368 e. The second-order valence-corrected chi connectivity index (χ2v) is 6.77. The largest absolute Gasteiger partial charge is 0.431 e. The van der Waals surface area contributed by atoms with Crippen LogP contribution in [0.4, 0.5) is 13.2 Å². The van der Waals surface area contributed by atoms with E-state index in [1.165, 1.54) is 12.1 Å². The number of alkyl halides is 3. The van der Waals surface area contributed by atoms with E-state index in [1.54, 1.807) is 32.9 Å². The monoisotopic (exact) mass is 328 g/mol. The van der Waals surface area contributed by atoms with Gasteiger partial charge in [-0.3, -0.25) is 4.79 Å². The topological polar surface area (TPSA) is 52.9 Å². The van der Waals surface area contributed by atoms with E-state index >= 15 is 0 Å². The molecule has 0 bridgehead atoms. The van der Waals surface area contributed by atoms with Crippen molar-refractivity contribution in [1.82, 2.24) is 5.01 Å². The number of aliphatic hydroxyl groups is 1. The lowest BCUT2D eigenvalue weighted by molar-refractivity contribution is -0.144. The number of rotatable bonds is 1. The summed E-state index contributed by atoms with van der Waals surface area (Å²) in [5.74, 6) is -0.762. The second-order valence-electron chi connectivity index (χ2n) is 6.77. The Labute approximate surface area is 132 Å². The molecule has 1 aromatic carbocycles. The summed E-state index contributed by atoms with van der Waals surface area (Å²) in [6.07, 6.45) is -5.45. The van der Waals surface area contributed by atoms with Gasteiger partial charge in [0, 0.05) is 17.4 Å². The summed E-state index contributed by atoms with van der Waals surface area (Å²) >= 11 is 0. The Balaban J connectivity index is 2.48. The highest BCUT2D eigenvalue weighted by Crippen LogP contribution is 2.44. The average Bonchev–Trinajstić information content (AvgIpc) is 2.78. The van der Waals surface area contributed by atoms with Crippen LogP contribution in [0.5, 0.6) is 0 Å². The van der Waals surface area contributed by atoms with E-state index in [9.17, 15) is 23.1 Å². The fraction of sp³-hybridized carbons (Fsp3) is 0.500. The van der Waals surface area contributed by atoms with Crippen LogP contribution in [0.1, 0.15) is 43.1 Å². The molecule has 0 aliphatic carbocycles. The molecule has 0 aromatic heterocycles. The lowest BCUT2D eigenvalue weighted by atomic mass is 9.80. The lowest BCUT2D eigenvalue weighted by Crippen LogP contribution is -2.55. The molecule has 1 aliphatic rings. The number of benzene rings is 1. The zero-order valence-electron chi connectivity index (χ0n) is 13.4. The zero-order valence-corrected chi connectivity index (χ0v) is 13.4. The van der Waals surface area contributed by atoms with E-state index in [4.69, 9.17) is 0 Å². The van der Waals surface area contributed by atoms with Crippen molar-refractivity contribution < 1.29 is 23.1 Å². The van der Waals surface area contributed by atoms with Crippen LogP contribution in [0.15, 0.2) is 29.4 Å². The van der Waals surface area contributed by atoms with E-state index in [0.29, 0.717) is 5.01 Å². The van der Waals surface area contributed by atoms with Crippen molar-refractivity contribution in [3.63, 3.8) is 0 Å². The van der Waals surface area contributed by atoms with Crippen molar-refractivity contribution in [2.75, 3.05) is 0 Å². The van der Waals surface area contributed by atoms with Gasteiger partial charge in [-0.25, -0.2) is 0 Å². The maximum Gasteiger partial charge on any atom is 0.431 e. The number of carbonyl (C=O) groups is 1. The number of halogens is 3. The van der Waals surface area contributed by atoms with Crippen molar-refractivity contribution in [2.45, 2.75) is 46.0 Å². The molecule has 4 nitrogen and oxygen atoms in total. The molecule has 0 saturated carbocycles. The Kier molecular flexibility index (Phi) is 4.05. The summed E-state index contributed by atoms with van der Waals surface area (Å²) in [4.78, 5) is 12.6. The number of nitrogens with zero attached hydrogens (tertiary/aromatic N) is 2. The van der Waals surface area contributed by atoms with Crippen LogP contribution >= 0.6 is 0 Å². The third-order valence-electron chi connectivity index (χ3n) is 4.00. The Morgan fingerprint density at radius 3 is 2.17 bits per heavy atom. The van der Waals surface area contributed by atoms with Crippen LogP contribution in [0, 0.1) is 12.3 Å². The minimum absolute atomic E-state index is 0.172. The van der Waals surface area contributed by atoms with E-state index in [1.807, 2.05) is 6.92 Å². The fourth-order valence-electron chi connectivity index (χ4n) is 2.32. The molecule has 126 valence electrons. The highest BCUT2D eigenvalue weighted by Gasteiger charge is 2.57. The quantitative estimate of drug-likeness (QED) is 0.858. The predicted octanol–water partition coefficient (Wildman–Crippen LogP) is 3.49. The zero-order chi connectivity index (χ0) is 17.6. The van der Waals surface area contributed by atoms with E-state index in [0.717, 1.165) is 5.56 Å². The molecule has 0 spiro atoms. The number of aryl methyl sites for hydroxylation is 1. The van der Waals surface area contributed by atoms with Crippen molar-refractivity contribution >= 4 is 11.6 Å². The fourth-order valence-corrected chi connectivity index (χ4v) is 2.32. The van der Waals surface area contributed by atoms with Gasteiger partial charge in [0.2, 0.25) is 0 Å². The van der Waals surface area contributed by atoms with Gasteiger partial charge in [-0.2, -0.15) is 23.3 Å². The number of hydrogen-bond acceptors (Lipinski definition) is 3. The van der Waals surface area contributed by atoms with Crippen molar-refractivity contribution in [3.05, 3.63) is 35.4 Å². The third-order valence-corrected chi connectivity index (χ3v) is 4.00. The van der Waals surface area contributed by atoms with Crippen LogP contribution in [-0.2, 0) is 0 Å². The average molecular weight is 328 g/mol. The molecule has 1 atom stereocenters. The van der Waals surface area contributed by atoms with Crippen LogP contribution in [0.3, 0.4) is 0 Å². The molecule has 2 rings (SSSR count). The molecule has 1 amide bonds. The summed E-state index contributed by atoms with van der Waals surface area (Å²) in [5.41, 5.74) is -3.13. The first-order valence-corrected chi connectivity index (χ1v) is 7.14. The van der Waals surface area contributed by atoms with Gasteiger partial charge in [-0.15, -0.1) is 0 Å². The summed E-state index contributed by atoms with van der Waals surface area (Å²) < 4.78 is 39.0. The summed E-state index contributed by atoms with van der Waals surface area (Å²) in [5, 5.41) is 14.8. The van der Waals surface area contributed by atoms with Crippen LogP contribution in [0.2, 0.25) is 0 Å². The van der Waals surface area contributed by atoms with Crippen LogP contribution in [-0.4, -0.2) is 33.6 Å². The molecular weight excluding hydrogens is 309 g/mol. The highest BCUT2D eigenvalue weighted by molar-refractivity contribution is 5.99. The van der Waals surface area contributed by atoms with Gasteiger partial charge in [0.15, 0.2) is 5.72 Å². The minimum Gasteiger partial charge on any atom is -0.368 e. The predicted molar refractivity (Wildman–Crippen MR) is 79.9 cm³/mol. The van der Waals surface area contributed by atoms with Gasteiger partial charge in [-0.05, 0) is 19.1 Å². The molecule has 1 N–H and O–H groups in total. The van der Waals surface area contributed by atoms with E-state index < -0.39 is 35.4 Å². The van der Waals surface area contributed by atoms with Gasteiger partial charge < -0.3 is 5.11 Å². The number of hydrazone groups is 1. The number of hydrogen-bond donors (Lipinski definition) is 1. The number of amides is 1. The Bertz CT molecular complexity index is 645. The normalized spacial score (nSPS) is 22.3.